The number of carbonyl (C=O) groups is 1. The number of hydrogen-bond acceptors (Lipinski definition) is 4. The van der Waals surface area contributed by atoms with E-state index in [9.17, 15) is 14.3 Å². The van der Waals surface area contributed by atoms with Crippen molar-refractivity contribution in [2.75, 3.05) is 7.11 Å². The van der Waals surface area contributed by atoms with Gasteiger partial charge < -0.3 is 19.3 Å². The van der Waals surface area contributed by atoms with Gasteiger partial charge in [-0.25, -0.2) is 9.37 Å². The summed E-state index contributed by atoms with van der Waals surface area (Å²) < 4.78 is 21.1. The van der Waals surface area contributed by atoms with E-state index in [0.29, 0.717) is 25.0 Å². The number of fused-ring (bicyclic) bond motifs is 1. The molecule has 2 aromatic carbocycles. The number of ether oxygens (including phenoxy) is 1. The zero-order valence-corrected chi connectivity index (χ0v) is 20.2. The van der Waals surface area contributed by atoms with E-state index < -0.39 is 5.60 Å². The van der Waals surface area contributed by atoms with Crippen LogP contribution in [0.4, 0.5) is 4.39 Å². The number of methoxy groups -OCH3 is 1. The molecule has 0 saturated carbocycles. The van der Waals surface area contributed by atoms with Crippen molar-refractivity contribution < 1.29 is 19.0 Å². The zero-order valence-electron chi connectivity index (χ0n) is 20.2. The molecule has 0 spiro atoms. The molecule has 0 bridgehead atoms. The molecule has 0 unspecified atom stereocenters. The molecule has 2 aliphatic heterocycles. The van der Waals surface area contributed by atoms with Gasteiger partial charge in [-0.05, 0) is 74.6 Å². The number of aryl methyl sites for hydroxylation is 1. The van der Waals surface area contributed by atoms with Crippen LogP contribution >= 0.6 is 0 Å². The molecular formula is C28H30FN3O3. The molecule has 7 heteroatoms. The van der Waals surface area contributed by atoms with Crippen LogP contribution in [0.1, 0.15) is 55.5 Å². The second-order valence-corrected chi connectivity index (χ2v) is 9.90. The smallest absolute Gasteiger partial charge is 0.250 e. The molecule has 2 fully saturated rings. The number of imidazole rings is 1. The summed E-state index contributed by atoms with van der Waals surface area (Å²) in [6.45, 7) is 3.76. The Morgan fingerprint density at radius 1 is 1.20 bits per heavy atom. The molecule has 2 aliphatic rings. The van der Waals surface area contributed by atoms with E-state index in [2.05, 4.69) is 4.98 Å². The van der Waals surface area contributed by atoms with E-state index in [-0.39, 0.29) is 23.8 Å². The standard InChI is InChI=1S/C28H30FN3O3/c1-18-16-31(17-30-18)24-11-4-19(13-26(24)35-3)12-21-7-10-23-14-28(2,34)15-25(32(23)27(21)33)20-5-8-22(29)9-6-20/h4-6,8-9,11-13,16-17,23,25,34H,7,10,14-15H2,1-3H3/t23-,25+,28-/m1/s1. The third kappa shape index (κ3) is 4.60. The fraction of sp³-hybridized carbons (Fsp3) is 0.357. The average Bonchev–Trinajstić information content (AvgIpc) is 3.26. The predicted molar refractivity (Wildman–Crippen MR) is 132 cm³/mol. The molecule has 1 N–H and O–H groups in total. The summed E-state index contributed by atoms with van der Waals surface area (Å²) in [6.07, 6.45) is 7.97. The minimum atomic E-state index is -0.878. The van der Waals surface area contributed by atoms with Gasteiger partial charge in [0.1, 0.15) is 11.6 Å². The van der Waals surface area contributed by atoms with Gasteiger partial charge in [-0.1, -0.05) is 18.2 Å². The van der Waals surface area contributed by atoms with Crippen LogP contribution in [0.15, 0.2) is 60.6 Å². The Labute approximate surface area is 204 Å². The Hall–Kier alpha value is -3.45. The van der Waals surface area contributed by atoms with Crippen LogP contribution in [0, 0.1) is 12.7 Å². The molecule has 1 aromatic heterocycles. The maximum Gasteiger partial charge on any atom is 0.250 e. The van der Waals surface area contributed by atoms with Crippen LogP contribution in [-0.4, -0.2) is 44.2 Å². The molecule has 3 heterocycles. The number of aromatic nitrogens is 2. The van der Waals surface area contributed by atoms with Crippen molar-refractivity contribution in [2.45, 2.75) is 57.2 Å². The first-order chi connectivity index (χ1) is 16.7. The molecule has 3 aromatic rings. The van der Waals surface area contributed by atoms with Crippen LogP contribution < -0.4 is 4.74 Å². The summed E-state index contributed by atoms with van der Waals surface area (Å²) in [7, 11) is 1.63. The lowest BCUT2D eigenvalue weighted by Crippen LogP contribution is -2.55. The summed E-state index contributed by atoms with van der Waals surface area (Å²) >= 11 is 0. The summed E-state index contributed by atoms with van der Waals surface area (Å²) in [5.74, 6) is 0.345. The largest absolute Gasteiger partial charge is 0.495 e. The Morgan fingerprint density at radius 3 is 2.66 bits per heavy atom. The summed E-state index contributed by atoms with van der Waals surface area (Å²) in [4.78, 5) is 19.9. The Kier molecular flexibility index (Phi) is 5.97. The lowest BCUT2D eigenvalue weighted by molar-refractivity contribution is -0.144. The fourth-order valence-corrected chi connectivity index (χ4v) is 5.45. The number of benzene rings is 2. The van der Waals surface area contributed by atoms with E-state index in [4.69, 9.17) is 4.74 Å². The maximum atomic E-state index is 13.7. The van der Waals surface area contributed by atoms with Crippen molar-refractivity contribution in [3.8, 4) is 11.4 Å². The Morgan fingerprint density at radius 2 is 1.97 bits per heavy atom. The Balaban J connectivity index is 1.47. The number of hydrogen-bond donors (Lipinski definition) is 1. The number of piperidine rings is 2. The lowest BCUT2D eigenvalue weighted by Gasteiger charge is -2.50. The van der Waals surface area contributed by atoms with E-state index in [1.807, 2.05) is 53.8 Å². The van der Waals surface area contributed by atoms with Crippen LogP contribution in [0.5, 0.6) is 5.75 Å². The molecule has 6 nitrogen and oxygen atoms in total. The Bertz CT molecular complexity index is 1280. The normalized spacial score (nSPS) is 25.6. The number of aliphatic hydroxyl groups is 1. The molecule has 0 radical (unpaired) electrons. The van der Waals surface area contributed by atoms with Gasteiger partial charge in [0, 0.05) is 24.2 Å². The number of nitrogens with zero attached hydrogens (tertiary/aromatic N) is 3. The highest BCUT2D eigenvalue weighted by Crippen LogP contribution is 2.44. The van der Waals surface area contributed by atoms with Gasteiger partial charge in [-0.15, -0.1) is 0 Å². The van der Waals surface area contributed by atoms with Gasteiger partial charge in [0.05, 0.1) is 36.5 Å². The monoisotopic (exact) mass is 475 g/mol. The predicted octanol–water partition coefficient (Wildman–Crippen LogP) is 4.99. The fourth-order valence-electron chi connectivity index (χ4n) is 5.45. The quantitative estimate of drug-likeness (QED) is 0.540. The van der Waals surface area contributed by atoms with Gasteiger partial charge >= 0.3 is 0 Å². The number of carbonyl (C=O) groups excluding carboxylic acids is 1. The molecule has 2 saturated heterocycles. The first-order valence-electron chi connectivity index (χ1n) is 11.9. The number of amides is 1. The molecule has 0 aliphatic carbocycles. The average molecular weight is 476 g/mol. The van der Waals surface area contributed by atoms with Crippen molar-refractivity contribution in [1.82, 2.24) is 14.5 Å². The number of rotatable bonds is 4. The molecule has 182 valence electrons. The number of halogens is 1. The SMILES string of the molecule is COc1cc(C=C2CC[C@@H]3C[C@@](C)(O)C[C@@H](c4ccc(F)cc4)N3C2=O)ccc1-n1cnc(C)c1. The van der Waals surface area contributed by atoms with Gasteiger partial charge in [0.15, 0.2) is 0 Å². The van der Waals surface area contributed by atoms with Gasteiger partial charge in [-0.2, -0.15) is 0 Å². The lowest BCUT2D eigenvalue weighted by atomic mass is 9.77. The molecule has 35 heavy (non-hydrogen) atoms. The van der Waals surface area contributed by atoms with E-state index >= 15 is 0 Å². The van der Waals surface area contributed by atoms with Crippen LogP contribution in [0.25, 0.3) is 11.8 Å². The van der Waals surface area contributed by atoms with Crippen LogP contribution in [0.2, 0.25) is 0 Å². The van der Waals surface area contributed by atoms with Crippen LogP contribution in [0.3, 0.4) is 0 Å². The third-order valence-corrected chi connectivity index (χ3v) is 7.08. The summed E-state index contributed by atoms with van der Waals surface area (Å²) in [5, 5.41) is 10.9. The highest BCUT2D eigenvalue weighted by atomic mass is 19.1. The minimum absolute atomic E-state index is 0.0284. The second kappa shape index (κ2) is 8.96. The van der Waals surface area contributed by atoms with Crippen molar-refractivity contribution in [3.63, 3.8) is 0 Å². The summed E-state index contributed by atoms with van der Waals surface area (Å²) in [6, 6.07) is 11.7. The highest BCUT2D eigenvalue weighted by Gasteiger charge is 2.46. The first kappa shape index (κ1) is 23.3. The van der Waals surface area contributed by atoms with Crippen molar-refractivity contribution in [3.05, 3.63) is 83.2 Å². The zero-order chi connectivity index (χ0) is 24.7. The summed E-state index contributed by atoms with van der Waals surface area (Å²) in [5.41, 5.74) is 3.36. The first-order valence-corrected chi connectivity index (χ1v) is 11.9. The second-order valence-electron chi connectivity index (χ2n) is 9.90. The highest BCUT2D eigenvalue weighted by molar-refractivity contribution is 5.99. The van der Waals surface area contributed by atoms with Crippen molar-refractivity contribution >= 4 is 12.0 Å². The van der Waals surface area contributed by atoms with Crippen LogP contribution in [-0.2, 0) is 4.79 Å². The molecule has 3 atom stereocenters. The molecular weight excluding hydrogens is 445 g/mol. The van der Waals surface area contributed by atoms with Gasteiger partial charge in [0.25, 0.3) is 5.91 Å². The molecule has 1 amide bonds. The minimum Gasteiger partial charge on any atom is -0.495 e. The van der Waals surface area contributed by atoms with Crippen molar-refractivity contribution in [1.29, 1.82) is 0 Å². The van der Waals surface area contributed by atoms with E-state index in [1.54, 1.807) is 25.6 Å². The third-order valence-electron chi connectivity index (χ3n) is 7.08. The molecule has 5 rings (SSSR count). The topological polar surface area (TPSA) is 67.6 Å². The van der Waals surface area contributed by atoms with Gasteiger partial charge in [0.2, 0.25) is 0 Å². The van der Waals surface area contributed by atoms with E-state index in [1.165, 1.54) is 12.1 Å². The maximum absolute atomic E-state index is 13.7. The van der Waals surface area contributed by atoms with Gasteiger partial charge in [-0.3, -0.25) is 4.79 Å². The van der Waals surface area contributed by atoms with E-state index in [0.717, 1.165) is 34.5 Å². The van der Waals surface area contributed by atoms with Crippen molar-refractivity contribution in [2.24, 2.45) is 0 Å².